The summed E-state index contributed by atoms with van der Waals surface area (Å²) in [6.45, 7) is 0. The molecule has 4 rings (SSSR count). The van der Waals surface area contributed by atoms with Crippen LogP contribution >= 0.6 is 0 Å². The van der Waals surface area contributed by atoms with E-state index in [1.165, 1.54) is 13.2 Å². The van der Waals surface area contributed by atoms with Gasteiger partial charge in [0.25, 0.3) is 0 Å². The van der Waals surface area contributed by atoms with Crippen molar-refractivity contribution in [2.24, 2.45) is 0 Å². The number of hydrogen-bond acceptors (Lipinski definition) is 2. The van der Waals surface area contributed by atoms with Crippen LogP contribution < -0.4 is 10.2 Å². The summed E-state index contributed by atoms with van der Waals surface area (Å²) in [7, 11) is 1.49. The molecule has 0 aliphatic carbocycles. The number of methoxy groups -OCH3 is 1. The maximum absolute atomic E-state index is 11.9. The third-order valence-corrected chi connectivity index (χ3v) is 4.39. The standard InChI is InChI=1S/C24H16O2/c1-26-24-15-12-17(11-14-23(24)25)10-13-22-20-8-4-2-6-18(20)16-19-7-3-5-9-21(19)22/h2-9,11-12,14-16H,1H3. The molecule has 4 aromatic rings. The monoisotopic (exact) mass is 336 g/mol. The Kier molecular flexibility index (Phi) is 4.13. The fraction of sp³-hybridized carbons (Fsp3) is 0.0417. The molecule has 0 bridgehead atoms. The summed E-state index contributed by atoms with van der Waals surface area (Å²) in [5.74, 6) is 6.84. The van der Waals surface area contributed by atoms with Gasteiger partial charge >= 0.3 is 0 Å². The van der Waals surface area contributed by atoms with Crippen LogP contribution in [0.4, 0.5) is 0 Å². The summed E-state index contributed by atoms with van der Waals surface area (Å²) in [6.07, 6.45) is 0. The second-order valence-corrected chi connectivity index (χ2v) is 6.00. The van der Waals surface area contributed by atoms with Crippen molar-refractivity contribution in [2.45, 2.75) is 0 Å². The van der Waals surface area contributed by atoms with Crippen molar-refractivity contribution in [3.8, 4) is 17.6 Å². The van der Waals surface area contributed by atoms with E-state index in [1.807, 2.05) is 24.3 Å². The van der Waals surface area contributed by atoms with Crippen LogP contribution in [0.15, 0.2) is 83.7 Å². The molecule has 0 spiro atoms. The zero-order valence-electron chi connectivity index (χ0n) is 14.3. The van der Waals surface area contributed by atoms with E-state index in [0.29, 0.717) is 5.75 Å². The van der Waals surface area contributed by atoms with E-state index in [1.54, 1.807) is 18.2 Å². The largest absolute Gasteiger partial charge is 0.493 e. The van der Waals surface area contributed by atoms with Crippen molar-refractivity contribution in [3.63, 3.8) is 0 Å². The number of fused-ring (bicyclic) bond motifs is 2. The normalized spacial score (nSPS) is 10.3. The van der Waals surface area contributed by atoms with Gasteiger partial charge in [0.2, 0.25) is 5.43 Å². The van der Waals surface area contributed by atoms with Gasteiger partial charge in [0.15, 0.2) is 5.75 Å². The topological polar surface area (TPSA) is 26.3 Å². The molecular formula is C24H16O2. The lowest BCUT2D eigenvalue weighted by Gasteiger charge is -2.06. The van der Waals surface area contributed by atoms with Crippen LogP contribution in [0, 0.1) is 11.8 Å². The van der Waals surface area contributed by atoms with Crippen LogP contribution in [0.2, 0.25) is 0 Å². The van der Waals surface area contributed by atoms with Crippen molar-refractivity contribution >= 4 is 21.5 Å². The number of benzene rings is 3. The fourth-order valence-electron chi connectivity index (χ4n) is 3.09. The predicted octanol–water partition coefficient (Wildman–Crippen LogP) is 4.76. The van der Waals surface area contributed by atoms with Gasteiger partial charge in [-0.05, 0) is 51.9 Å². The minimum Gasteiger partial charge on any atom is -0.493 e. The first-order valence-corrected chi connectivity index (χ1v) is 8.37. The highest BCUT2D eigenvalue weighted by atomic mass is 16.5. The quantitative estimate of drug-likeness (QED) is 0.370. The molecule has 0 saturated heterocycles. The highest BCUT2D eigenvalue weighted by Crippen LogP contribution is 2.27. The Bertz CT molecular complexity index is 1190. The molecule has 0 amide bonds. The highest BCUT2D eigenvalue weighted by Gasteiger charge is 2.05. The SMILES string of the molecule is COc1ccc(C#Cc2c3ccccc3cc3ccccc23)ccc1=O. The lowest BCUT2D eigenvalue weighted by atomic mass is 9.97. The van der Waals surface area contributed by atoms with Crippen LogP contribution in [0.1, 0.15) is 11.1 Å². The fourth-order valence-corrected chi connectivity index (χ4v) is 3.09. The molecule has 2 nitrogen and oxygen atoms in total. The van der Waals surface area contributed by atoms with Gasteiger partial charge in [-0.2, -0.15) is 0 Å². The molecular weight excluding hydrogens is 320 g/mol. The molecule has 0 saturated carbocycles. The molecule has 0 fully saturated rings. The van der Waals surface area contributed by atoms with Gasteiger partial charge in [-0.15, -0.1) is 0 Å². The Balaban J connectivity index is 1.94. The summed E-state index contributed by atoms with van der Waals surface area (Å²) in [4.78, 5) is 11.9. The van der Waals surface area contributed by atoms with Crippen molar-refractivity contribution in [2.75, 3.05) is 7.11 Å². The van der Waals surface area contributed by atoms with Crippen molar-refractivity contribution in [3.05, 3.63) is 100 Å². The Hall–Kier alpha value is -3.57. The van der Waals surface area contributed by atoms with Gasteiger partial charge in [-0.1, -0.05) is 60.4 Å². The number of hydrogen-bond donors (Lipinski definition) is 0. The van der Waals surface area contributed by atoms with Crippen LogP contribution in [-0.2, 0) is 0 Å². The first-order valence-electron chi connectivity index (χ1n) is 8.37. The van der Waals surface area contributed by atoms with Gasteiger partial charge in [0.1, 0.15) is 0 Å². The van der Waals surface area contributed by atoms with Crippen LogP contribution in [-0.4, -0.2) is 7.11 Å². The zero-order valence-corrected chi connectivity index (χ0v) is 14.3. The summed E-state index contributed by atoms with van der Waals surface area (Å²) >= 11 is 0. The average molecular weight is 336 g/mol. The zero-order chi connectivity index (χ0) is 17.9. The molecule has 0 heterocycles. The van der Waals surface area contributed by atoms with E-state index < -0.39 is 0 Å². The Morgan fingerprint density at radius 1 is 0.731 bits per heavy atom. The predicted molar refractivity (Wildman–Crippen MR) is 107 cm³/mol. The van der Waals surface area contributed by atoms with E-state index in [2.05, 4.69) is 42.2 Å². The third kappa shape index (κ3) is 2.92. The minimum absolute atomic E-state index is 0.156. The van der Waals surface area contributed by atoms with Crippen LogP contribution in [0.25, 0.3) is 21.5 Å². The lowest BCUT2D eigenvalue weighted by molar-refractivity contribution is 0.411. The first kappa shape index (κ1) is 15.9. The Morgan fingerprint density at radius 3 is 2.00 bits per heavy atom. The molecule has 26 heavy (non-hydrogen) atoms. The Morgan fingerprint density at radius 2 is 1.35 bits per heavy atom. The van der Waals surface area contributed by atoms with E-state index in [-0.39, 0.29) is 5.43 Å². The summed E-state index contributed by atoms with van der Waals surface area (Å²) in [6, 6.07) is 25.4. The first-order chi connectivity index (χ1) is 12.8. The third-order valence-electron chi connectivity index (χ3n) is 4.39. The van der Waals surface area contributed by atoms with Crippen LogP contribution in [0.3, 0.4) is 0 Å². The summed E-state index contributed by atoms with van der Waals surface area (Å²) < 4.78 is 5.08. The second-order valence-electron chi connectivity index (χ2n) is 6.00. The van der Waals surface area contributed by atoms with Gasteiger partial charge in [0.05, 0.1) is 7.11 Å². The summed E-state index contributed by atoms with van der Waals surface area (Å²) in [5.41, 5.74) is 1.61. The smallest absolute Gasteiger partial charge is 0.220 e. The van der Waals surface area contributed by atoms with Crippen molar-refractivity contribution in [1.82, 2.24) is 0 Å². The molecule has 124 valence electrons. The van der Waals surface area contributed by atoms with E-state index in [0.717, 1.165) is 32.7 Å². The highest BCUT2D eigenvalue weighted by molar-refractivity contribution is 6.04. The Labute approximate surface area is 151 Å². The maximum Gasteiger partial charge on any atom is 0.220 e. The second kappa shape index (κ2) is 6.74. The lowest BCUT2D eigenvalue weighted by Crippen LogP contribution is -1.98. The van der Waals surface area contributed by atoms with Gasteiger partial charge in [-0.25, -0.2) is 0 Å². The maximum atomic E-state index is 11.9. The van der Waals surface area contributed by atoms with Gasteiger partial charge in [-0.3, -0.25) is 4.79 Å². The van der Waals surface area contributed by atoms with E-state index in [4.69, 9.17) is 4.74 Å². The van der Waals surface area contributed by atoms with Crippen molar-refractivity contribution < 1.29 is 4.74 Å². The summed E-state index contributed by atoms with van der Waals surface area (Å²) in [5, 5.41) is 4.58. The molecule has 0 aliphatic rings. The van der Waals surface area contributed by atoms with E-state index >= 15 is 0 Å². The molecule has 0 atom stereocenters. The molecule has 4 aromatic carbocycles. The molecule has 0 aliphatic heterocycles. The average Bonchev–Trinajstić information content (AvgIpc) is 2.86. The molecule has 2 heteroatoms. The molecule has 0 aromatic heterocycles. The van der Waals surface area contributed by atoms with Gasteiger partial charge < -0.3 is 4.74 Å². The van der Waals surface area contributed by atoms with Gasteiger partial charge in [0, 0.05) is 11.1 Å². The molecule has 0 radical (unpaired) electrons. The van der Waals surface area contributed by atoms with Crippen molar-refractivity contribution in [1.29, 1.82) is 0 Å². The molecule has 0 N–H and O–H groups in total. The number of rotatable bonds is 1. The van der Waals surface area contributed by atoms with Crippen LogP contribution in [0.5, 0.6) is 5.75 Å². The minimum atomic E-state index is -0.156. The van der Waals surface area contributed by atoms with E-state index in [9.17, 15) is 4.79 Å². The number of ether oxygens (including phenoxy) is 1. The molecule has 0 unspecified atom stereocenters.